The van der Waals surface area contributed by atoms with Crippen molar-refractivity contribution in [3.8, 4) is 0 Å². The maximum absolute atomic E-state index is 11.7. The second kappa shape index (κ2) is 4.82. The van der Waals surface area contributed by atoms with Crippen LogP contribution in [0.4, 0.5) is 0 Å². The molecule has 0 radical (unpaired) electrons. The zero-order valence-electron chi connectivity index (χ0n) is 10.2. The first-order chi connectivity index (χ1) is 7.36. The Labute approximate surface area is 96.1 Å². The normalized spacial score (nSPS) is 20.8. The Balaban J connectivity index is 2.40. The zero-order valence-corrected chi connectivity index (χ0v) is 10.2. The van der Waals surface area contributed by atoms with Gasteiger partial charge in [-0.15, -0.1) is 0 Å². The van der Waals surface area contributed by atoms with Crippen LogP contribution in [0.15, 0.2) is 0 Å². The van der Waals surface area contributed by atoms with Crippen molar-refractivity contribution in [2.45, 2.75) is 57.7 Å². The molecule has 0 bridgehead atoms. The first kappa shape index (κ1) is 13.0. The van der Waals surface area contributed by atoms with Gasteiger partial charge in [0.25, 0.3) is 0 Å². The first-order valence-electron chi connectivity index (χ1n) is 5.77. The topological polar surface area (TPSA) is 84.2 Å². The van der Waals surface area contributed by atoms with E-state index in [0.717, 1.165) is 12.8 Å². The molecule has 16 heavy (non-hydrogen) atoms. The number of carbonyl (C=O) groups is 2. The lowest BCUT2D eigenvalue weighted by atomic mass is 9.99. The molecule has 5 heteroatoms. The van der Waals surface area contributed by atoms with Gasteiger partial charge in [-0.05, 0) is 33.1 Å². The lowest BCUT2D eigenvalue weighted by Gasteiger charge is -2.24. The van der Waals surface area contributed by atoms with E-state index in [1.165, 1.54) is 0 Å². The van der Waals surface area contributed by atoms with E-state index in [9.17, 15) is 9.59 Å². The van der Waals surface area contributed by atoms with Crippen molar-refractivity contribution < 1.29 is 9.59 Å². The molecule has 0 saturated heterocycles. The lowest BCUT2D eigenvalue weighted by Crippen LogP contribution is -2.56. The van der Waals surface area contributed by atoms with Crippen LogP contribution >= 0.6 is 0 Å². The molecule has 5 nitrogen and oxygen atoms in total. The molecule has 1 aliphatic carbocycles. The Bertz CT molecular complexity index is 285. The molecule has 2 unspecified atom stereocenters. The number of hydrogen-bond acceptors (Lipinski definition) is 3. The monoisotopic (exact) mass is 227 g/mol. The summed E-state index contributed by atoms with van der Waals surface area (Å²) in [5.74, 6) is -0.420. The van der Waals surface area contributed by atoms with E-state index in [1.54, 1.807) is 13.8 Å². The van der Waals surface area contributed by atoms with Gasteiger partial charge in [0.2, 0.25) is 11.8 Å². The summed E-state index contributed by atoms with van der Waals surface area (Å²) in [5, 5.41) is 5.46. The third-order valence-electron chi connectivity index (χ3n) is 2.92. The summed E-state index contributed by atoms with van der Waals surface area (Å²) < 4.78 is 0. The van der Waals surface area contributed by atoms with Crippen LogP contribution in [0, 0.1) is 0 Å². The highest BCUT2D eigenvalue weighted by molar-refractivity contribution is 5.91. The van der Waals surface area contributed by atoms with Crippen molar-refractivity contribution in [3.05, 3.63) is 0 Å². The summed E-state index contributed by atoms with van der Waals surface area (Å²) >= 11 is 0. The van der Waals surface area contributed by atoms with Gasteiger partial charge in [-0.1, -0.05) is 6.92 Å². The van der Waals surface area contributed by atoms with Crippen LogP contribution in [-0.4, -0.2) is 29.4 Å². The van der Waals surface area contributed by atoms with Crippen molar-refractivity contribution in [3.63, 3.8) is 0 Å². The highest BCUT2D eigenvalue weighted by atomic mass is 16.2. The molecule has 4 N–H and O–H groups in total. The van der Waals surface area contributed by atoms with Gasteiger partial charge in [-0.25, -0.2) is 0 Å². The molecule has 0 heterocycles. The maximum atomic E-state index is 11.7. The Kier molecular flexibility index (Phi) is 3.91. The van der Waals surface area contributed by atoms with Gasteiger partial charge in [-0.3, -0.25) is 9.59 Å². The van der Waals surface area contributed by atoms with E-state index in [1.807, 2.05) is 6.92 Å². The molecule has 2 atom stereocenters. The highest BCUT2D eigenvalue weighted by Crippen LogP contribution is 2.18. The molecule has 2 amide bonds. The summed E-state index contributed by atoms with van der Waals surface area (Å²) in [7, 11) is 0. The van der Waals surface area contributed by atoms with Crippen molar-refractivity contribution in [1.29, 1.82) is 0 Å². The fourth-order valence-corrected chi connectivity index (χ4v) is 1.14. The fourth-order valence-electron chi connectivity index (χ4n) is 1.14. The molecule has 0 spiro atoms. The minimum Gasteiger partial charge on any atom is -0.352 e. The van der Waals surface area contributed by atoms with Crippen LogP contribution < -0.4 is 16.4 Å². The Morgan fingerprint density at radius 1 is 1.50 bits per heavy atom. The van der Waals surface area contributed by atoms with Gasteiger partial charge >= 0.3 is 0 Å². The molecule has 0 aromatic carbocycles. The van der Waals surface area contributed by atoms with Crippen LogP contribution in [0.5, 0.6) is 0 Å². The van der Waals surface area contributed by atoms with E-state index in [2.05, 4.69) is 10.6 Å². The molecule has 92 valence electrons. The van der Waals surface area contributed by atoms with Gasteiger partial charge in [0, 0.05) is 6.04 Å². The van der Waals surface area contributed by atoms with Crippen LogP contribution in [0.3, 0.4) is 0 Å². The second-order valence-corrected chi connectivity index (χ2v) is 4.75. The molecule has 1 fully saturated rings. The number of hydrogen-bond donors (Lipinski definition) is 3. The van der Waals surface area contributed by atoms with E-state index in [4.69, 9.17) is 5.73 Å². The minimum atomic E-state index is -0.909. The highest BCUT2D eigenvalue weighted by Gasteiger charge is 2.30. The van der Waals surface area contributed by atoms with Gasteiger partial charge in [0.15, 0.2) is 0 Å². The molecule has 0 aromatic heterocycles. The quantitative estimate of drug-likeness (QED) is 0.613. The average molecular weight is 227 g/mol. The van der Waals surface area contributed by atoms with Gasteiger partial charge < -0.3 is 16.4 Å². The minimum absolute atomic E-state index is 0.136. The van der Waals surface area contributed by atoms with Crippen LogP contribution in [0.1, 0.15) is 40.0 Å². The summed E-state index contributed by atoms with van der Waals surface area (Å²) in [5.41, 5.74) is 4.87. The Morgan fingerprint density at radius 2 is 2.06 bits per heavy atom. The molecule has 1 saturated carbocycles. The zero-order chi connectivity index (χ0) is 12.3. The Hall–Kier alpha value is -1.10. The fraction of sp³-hybridized carbons (Fsp3) is 0.818. The Morgan fingerprint density at radius 3 is 2.50 bits per heavy atom. The van der Waals surface area contributed by atoms with E-state index < -0.39 is 11.6 Å². The van der Waals surface area contributed by atoms with Crippen molar-refractivity contribution in [1.82, 2.24) is 10.6 Å². The number of amides is 2. The maximum Gasteiger partial charge on any atom is 0.242 e. The summed E-state index contributed by atoms with van der Waals surface area (Å²) in [6, 6.07) is -0.218. The molecule has 0 aliphatic heterocycles. The van der Waals surface area contributed by atoms with Crippen LogP contribution in [0.2, 0.25) is 0 Å². The van der Waals surface area contributed by atoms with Crippen molar-refractivity contribution in [2.24, 2.45) is 5.73 Å². The van der Waals surface area contributed by atoms with Crippen LogP contribution in [-0.2, 0) is 9.59 Å². The third-order valence-corrected chi connectivity index (χ3v) is 2.92. The van der Waals surface area contributed by atoms with E-state index in [0.29, 0.717) is 12.5 Å². The smallest absolute Gasteiger partial charge is 0.242 e. The summed E-state index contributed by atoms with van der Waals surface area (Å²) in [4.78, 5) is 23.3. The predicted octanol–water partition coefficient (Wildman–Crippen LogP) is -0.103. The summed E-state index contributed by atoms with van der Waals surface area (Å²) in [6.07, 6.45) is 2.61. The number of carbonyl (C=O) groups excluding carboxylic acids is 2. The van der Waals surface area contributed by atoms with Crippen molar-refractivity contribution in [2.75, 3.05) is 0 Å². The third kappa shape index (κ3) is 3.48. The lowest BCUT2D eigenvalue weighted by molar-refractivity contribution is -0.131. The SMILES string of the molecule is CCC(C)(N)C(=O)NC(C)C(=O)NC1CC1. The van der Waals surface area contributed by atoms with E-state index in [-0.39, 0.29) is 11.8 Å². The second-order valence-electron chi connectivity index (χ2n) is 4.75. The standard InChI is InChI=1S/C11H21N3O2/c1-4-11(3,12)10(16)13-7(2)9(15)14-8-5-6-8/h7-8H,4-6,12H2,1-3H3,(H,13,16)(H,14,15). The van der Waals surface area contributed by atoms with E-state index >= 15 is 0 Å². The average Bonchev–Trinajstić information content (AvgIpc) is 3.01. The van der Waals surface area contributed by atoms with Gasteiger partial charge in [-0.2, -0.15) is 0 Å². The van der Waals surface area contributed by atoms with Crippen LogP contribution in [0.25, 0.3) is 0 Å². The van der Waals surface area contributed by atoms with Crippen molar-refractivity contribution >= 4 is 11.8 Å². The molecule has 0 aromatic rings. The van der Waals surface area contributed by atoms with Gasteiger partial charge in [0.1, 0.15) is 6.04 Å². The molecule has 1 aliphatic rings. The number of nitrogens with one attached hydrogen (secondary N) is 2. The molecule has 1 rings (SSSR count). The summed E-state index contributed by atoms with van der Waals surface area (Å²) in [6.45, 7) is 5.17. The first-order valence-corrected chi connectivity index (χ1v) is 5.77. The number of rotatable bonds is 5. The molecular weight excluding hydrogens is 206 g/mol. The molecular formula is C11H21N3O2. The van der Waals surface area contributed by atoms with Gasteiger partial charge in [0.05, 0.1) is 5.54 Å². The largest absolute Gasteiger partial charge is 0.352 e. The predicted molar refractivity (Wildman–Crippen MR) is 61.7 cm³/mol. The number of nitrogens with two attached hydrogens (primary N) is 1.